The van der Waals surface area contributed by atoms with Crippen molar-refractivity contribution in [2.75, 3.05) is 45.3 Å². The number of fused-ring (bicyclic) bond motifs is 1. The Hall–Kier alpha value is -3.03. The van der Waals surface area contributed by atoms with Crippen molar-refractivity contribution in [1.82, 2.24) is 14.9 Å². The van der Waals surface area contributed by atoms with Gasteiger partial charge in [-0.3, -0.25) is 4.79 Å². The van der Waals surface area contributed by atoms with E-state index in [0.717, 1.165) is 12.8 Å². The average Bonchev–Trinajstić information content (AvgIpc) is 2.73. The number of benzene rings is 1. The van der Waals surface area contributed by atoms with E-state index >= 15 is 0 Å². The molecule has 1 aromatic heterocycles. The maximum atomic E-state index is 13.1. The number of nitrogens with zero attached hydrogens (tertiary/aromatic N) is 4. The van der Waals surface area contributed by atoms with Gasteiger partial charge in [0.2, 0.25) is 0 Å². The molecule has 1 fully saturated rings. The predicted octanol–water partition coefficient (Wildman–Crippen LogP) is 2.00. The summed E-state index contributed by atoms with van der Waals surface area (Å²) in [5.74, 6) is 2.25. The molecular formula is C20H24N4O4. The van der Waals surface area contributed by atoms with Gasteiger partial charge in [-0.05, 0) is 25.0 Å². The van der Waals surface area contributed by atoms with Gasteiger partial charge in [-0.2, -0.15) is 0 Å². The van der Waals surface area contributed by atoms with Gasteiger partial charge in [0.25, 0.3) is 11.8 Å². The normalized spacial score (nSPS) is 18.5. The van der Waals surface area contributed by atoms with E-state index in [4.69, 9.17) is 14.2 Å². The van der Waals surface area contributed by atoms with E-state index in [2.05, 4.69) is 9.97 Å². The zero-order valence-electron chi connectivity index (χ0n) is 16.1. The Labute approximate surface area is 164 Å². The molecule has 1 amide bonds. The molecule has 2 aliphatic heterocycles. The lowest BCUT2D eigenvalue weighted by Crippen LogP contribution is -2.44. The summed E-state index contributed by atoms with van der Waals surface area (Å²) in [5, 5.41) is 0. The first kappa shape index (κ1) is 18.3. The van der Waals surface area contributed by atoms with Crippen LogP contribution in [0.3, 0.4) is 0 Å². The molecular weight excluding hydrogens is 360 g/mol. The first-order valence-electron chi connectivity index (χ1n) is 9.46. The summed E-state index contributed by atoms with van der Waals surface area (Å²) in [5.41, 5.74) is 0.534. The molecule has 3 heterocycles. The summed E-state index contributed by atoms with van der Waals surface area (Å²) in [4.78, 5) is 25.5. The number of rotatable bonds is 4. The molecule has 2 aliphatic rings. The van der Waals surface area contributed by atoms with E-state index in [1.165, 1.54) is 0 Å². The second kappa shape index (κ2) is 7.92. The molecule has 0 unspecified atom stereocenters. The SMILES string of the molecule is CN(C)c1nccnc1O[C@@H]1CCCN(C(=O)c2cccc3c2OCCO3)C1. The Morgan fingerprint density at radius 2 is 2.04 bits per heavy atom. The van der Waals surface area contributed by atoms with Crippen LogP contribution in [0.2, 0.25) is 0 Å². The maximum absolute atomic E-state index is 13.1. The fourth-order valence-electron chi connectivity index (χ4n) is 3.50. The van der Waals surface area contributed by atoms with Crippen LogP contribution in [0.5, 0.6) is 17.4 Å². The number of hydrogen-bond acceptors (Lipinski definition) is 7. The van der Waals surface area contributed by atoms with Gasteiger partial charge in [0.1, 0.15) is 19.3 Å². The van der Waals surface area contributed by atoms with Gasteiger partial charge in [-0.25, -0.2) is 9.97 Å². The second-order valence-corrected chi connectivity index (χ2v) is 7.04. The quantitative estimate of drug-likeness (QED) is 0.798. The van der Waals surface area contributed by atoms with E-state index in [-0.39, 0.29) is 12.0 Å². The van der Waals surface area contributed by atoms with Crippen molar-refractivity contribution in [2.24, 2.45) is 0 Å². The molecule has 8 nitrogen and oxygen atoms in total. The van der Waals surface area contributed by atoms with Crippen molar-refractivity contribution in [1.29, 1.82) is 0 Å². The van der Waals surface area contributed by atoms with Crippen molar-refractivity contribution < 1.29 is 19.0 Å². The average molecular weight is 384 g/mol. The molecule has 2 aromatic rings. The molecule has 0 bridgehead atoms. The minimum atomic E-state index is -0.134. The van der Waals surface area contributed by atoms with Crippen LogP contribution in [-0.4, -0.2) is 67.3 Å². The molecule has 28 heavy (non-hydrogen) atoms. The highest BCUT2D eigenvalue weighted by atomic mass is 16.6. The van der Waals surface area contributed by atoms with Crippen molar-refractivity contribution in [3.63, 3.8) is 0 Å². The first-order valence-corrected chi connectivity index (χ1v) is 9.46. The van der Waals surface area contributed by atoms with Crippen LogP contribution in [-0.2, 0) is 0 Å². The summed E-state index contributed by atoms with van der Waals surface area (Å²) < 4.78 is 17.4. The molecule has 0 N–H and O–H groups in total. The lowest BCUT2D eigenvalue weighted by atomic mass is 10.1. The van der Waals surface area contributed by atoms with Crippen LogP contribution < -0.4 is 19.1 Å². The third kappa shape index (κ3) is 3.67. The standard InChI is InChI=1S/C20H24N4O4/c1-23(2)18-19(22-9-8-21-18)28-14-5-4-10-24(13-14)20(25)15-6-3-7-16-17(15)27-12-11-26-16/h3,6-9,14H,4-5,10-13H2,1-2H3/t14-/m1/s1. The van der Waals surface area contributed by atoms with Crippen LogP contribution in [0, 0.1) is 0 Å². The highest BCUT2D eigenvalue weighted by Crippen LogP contribution is 2.35. The predicted molar refractivity (Wildman–Crippen MR) is 103 cm³/mol. The van der Waals surface area contributed by atoms with Crippen molar-refractivity contribution >= 4 is 11.7 Å². The van der Waals surface area contributed by atoms with Crippen LogP contribution in [0.25, 0.3) is 0 Å². The Kier molecular flexibility index (Phi) is 5.18. The number of carbonyl (C=O) groups is 1. The van der Waals surface area contributed by atoms with Crippen LogP contribution in [0.15, 0.2) is 30.6 Å². The zero-order valence-corrected chi connectivity index (χ0v) is 16.1. The number of para-hydroxylation sites is 1. The molecule has 4 rings (SSSR count). The van der Waals surface area contributed by atoms with E-state index in [1.807, 2.05) is 36.0 Å². The highest BCUT2D eigenvalue weighted by Gasteiger charge is 2.30. The molecule has 8 heteroatoms. The topological polar surface area (TPSA) is 77.0 Å². The van der Waals surface area contributed by atoms with Gasteiger partial charge in [0.05, 0.1) is 12.1 Å². The number of aromatic nitrogens is 2. The number of piperidine rings is 1. The number of ether oxygens (including phenoxy) is 3. The lowest BCUT2D eigenvalue weighted by Gasteiger charge is -2.33. The van der Waals surface area contributed by atoms with Crippen molar-refractivity contribution in [3.05, 3.63) is 36.2 Å². The van der Waals surface area contributed by atoms with Gasteiger partial charge in [-0.15, -0.1) is 0 Å². The largest absolute Gasteiger partial charge is 0.486 e. The Morgan fingerprint density at radius 1 is 1.21 bits per heavy atom. The monoisotopic (exact) mass is 384 g/mol. The summed E-state index contributed by atoms with van der Waals surface area (Å²) in [7, 11) is 3.79. The molecule has 1 saturated heterocycles. The Balaban J connectivity index is 1.50. The van der Waals surface area contributed by atoms with Gasteiger partial charge in [0.15, 0.2) is 17.3 Å². The van der Waals surface area contributed by atoms with Crippen LogP contribution >= 0.6 is 0 Å². The molecule has 0 saturated carbocycles. The number of carbonyl (C=O) groups excluding carboxylic acids is 1. The fourth-order valence-corrected chi connectivity index (χ4v) is 3.50. The molecule has 0 aliphatic carbocycles. The van der Waals surface area contributed by atoms with Gasteiger partial charge in [-0.1, -0.05) is 6.07 Å². The van der Waals surface area contributed by atoms with Gasteiger partial charge >= 0.3 is 0 Å². The number of hydrogen-bond donors (Lipinski definition) is 0. The minimum Gasteiger partial charge on any atom is -0.486 e. The second-order valence-electron chi connectivity index (χ2n) is 7.04. The van der Waals surface area contributed by atoms with E-state index < -0.39 is 0 Å². The van der Waals surface area contributed by atoms with Crippen molar-refractivity contribution in [2.45, 2.75) is 18.9 Å². The molecule has 148 valence electrons. The number of amides is 1. The van der Waals surface area contributed by atoms with Crippen LogP contribution in [0.1, 0.15) is 23.2 Å². The van der Waals surface area contributed by atoms with Crippen LogP contribution in [0.4, 0.5) is 5.82 Å². The fraction of sp³-hybridized carbons (Fsp3) is 0.450. The molecule has 0 radical (unpaired) electrons. The molecule has 1 atom stereocenters. The first-order chi connectivity index (χ1) is 13.6. The van der Waals surface area contributed by atoms with E-state index in [1.54, 1.807) is 18.5 Å². The molecule has 0 spiro atoms. The van der Waals surface area contributed by atoms with Gasteiger partial charge < -0.3 is 24.0 Å². The summed E-state index contributed by atoms with van der Waals surface area (Å²) in [6.07, 6.45) is 4.84. The Bertz CT molecular complexity index is 858. The smallest absolute Gasteiger partial charge is 0.257 e. The van der Waals surface area contributed by atoms with Crippen molar-refractivity contribution in [3.8, 4) is 17.4 Å². The highest BCUT2D eigenvalue weighted by molar-refractivity contribution is 5.98. The number of anilines is 1. The summed E-state index contributed by atoms with van der Waals surface area (Å²) >= 11 is 0. The number of likely N-dealkylation sites (tertiary alicyclic amines) is 1. The Morgan fingerprint density at radius 3 is 2.89 bits per heavy atom. The van der Waals surface area contributed by atoms with E-state index in [0.29, 0.717) is 55.1 Å². The third-order valence-electron chi connectivity index (χ3n) is 4.81. The minimum absolute atomic E-state index is 0.0670. The van der Waals surface area contributed by atoms with E-state index in [9.17, 15) is 4.79 Å². The maximum Gasteiger partial charge on any atom is 0.257 e. The summed E-state index contributed by atoms with van der Waals surface area (Å²) in [6.45, 7) is 2.12. The lowest BCUT2D eigenvalue weighted by molar-refractivity contribution is 0.0520. The molecule has 1 aromatic carbocycles. The summed E-state index contributed by atoms with van der Waals surface area (Å²) in [6, 6.07) is 5.43. The third-order valence-corrected chi connectivity index (χ3v) is 4.81. The van der Waals surface area contributed by atoms with Gasteiger partial charge in [0, 0.05) is 33.0 Å². The zero-order chi connectivity index (χ0) is 19.5.